The van der Waals surface area contributed by atoms with Crippen LogP contribution >= 0.6 is 0 Å². The van der Waals surface area contributed by atoms with Crippen LogP contribution in [0.2, 0.25) is 0 Å². The van der Waals surface area contributed by atoms with Crippen LogP contribution in [0.1, 0.15) is 31.7 Å². The number of piperidine rings is 1. The Morgan fingerprint density at radius 1 is 1.28 bits per heavy atom. The first-order valence-electron chi connectivity index (χ1n) is 9.02. The summed E-state index contributed by atoms with van der Waals surface area (Å²) in [6, 6.07) is 9.90. The van der Waals surface area contributed by atoms with Crippen molar-refractivity contribution in [1.82, 2.24) is 9.80 Å². The van der Waals surface area contributed by atoms with Gasteiger partial charge in [-0.15, -0.1) is 0 Å². The number of hydrogen-bond acceptors (Lipinski definition) is 3. The summed E-state index contributed by atoms with van der Waals surface area (Å²) in [6.45, 7) is 5.03. The first-order valence-corrected chi connectivity index (χ1v) is 9.02. The Morgan fingerprint density at radius 2 is 1.96 bits per heavy atom. The van der Waals surface area contributed by atoms with E-state index in [1.165, 1.54) is 0 Å². The standard InChI is InChI=1S/C20H27N3O2/c1-16(19(21)25)22-12-9-20(10-13-22)14-18(24)23(15-20)11-5-8-17-6-3-2-4-7-17/h2-8,16H,9-15H2,1H3,(H2,21,25)/b8-5+/t16-/m1/s1. The molecule has 0 saturated carbocycles. The lowest BCUT2D eigenvalue weighted by atomic mass is 9.77. The number of rotatable bonds is 5. The van der Waals surface area contributed by atoms with Crippen molar-refractivity contribution in [2.45, 2.75) is 32.2 Å². The van der Waals surface area contributed by atoms with Crippen molar-refractivity contribution in [2.75, 3.05) is 26.2 Å². The van der Waals surface area contributed by atoms with Gasteiger partial charge in [0, 0.05) is 19.5 Å². The maximum absolute atomic E-state index is 12.4. The lowest BCUT2D eigenvalue weighted by molar-refractivity contribution is -0.127. The number of benzene rings is 1. The Kier molecular flexibility index (Phi) is 5.23. The molecule has 2 saturated heterocycles. The van der Waals surface area contributed by atoms with E-state index in [2.05, 4.69) is 29.2 Å². The van der Waals surface area contributed by atoms with E-state index in [9.17, 15) is 9.59 Å². The topological polar surface area (TPSA) is 66.6 Å². The summed E-state index contributed by atoms with van der Waals surface area (Å²) in [6.07, 6.45) is 6.67. The molecule has 0 radical (unpaired) electrons. The minimum atomic E-state index is -0.272. The van der Waals surface area contributed by atoms with E-state index in [0.29, 0.717) is 13.0 Å². The van der Waals surface area contributed by atoms with Gasteiger partial charge in [0.05, 0.1) is 6.04 Å². The third kappa shape index (κ3) is 4.10. The fourth-order valence-electron chi connectivity index (χ4n) is 3.93. The summed E-state index contributed by atoms with van der Waals surface area (Å²) >= 11 is 0. The Morgan fingerprint density at radius 3 is 2.60 bits per heavy atom. The average molecular weight is 341 g/mol. The van der Waals surface area contributed by atoms with E-state index in [-0.39, 0.29) is 23.3 Å². The maximum Gasteiger partial charge on any atom is 0.234 e. The van der Waals surface area contributed by atoms with Crippen molar-refractivity contribution in [3.63, 3.8) is 0 Å². The first-order chi connectivity index (χ1) is 12.0. The summed E-state index contributed by atoms with van der Waals surface area (Å²) in [5.41, 5.74) is 6.63. The van der Waals surface area contributed by atoms with Gasteiger partial charge in [0.25, 0.3) is 0 Å². The molecule has 0 aromatic heterocycles. The molecular weight excluding hydrogens is 314 g/mol. The Hall–Kier alpha value is -2.14. The Labute approximate surface area is 149 Å². The highest BCUT2D eigenvalue weighted by atomic mass is 16.2. The monoisotopic (exact) mass is 341 g/mol. The van der Waals surface area contributed by atoms with Gasteiger partial charge in [0.2, 0.25) is 11.8 Å². The quantitative estimate of drug-likeness (QED) is 0.889. The second kappa shape index (κ2) is 7.40. The zero-order valence-corrected chi connectivity index (χ0v) is 14.9. The fraction of sp³-hybridized carbons (Fsp3) is 0.500. The molecule has 1 aromatic carbocycles. The van der Waals surface area contributed by atoms with Gasteiger partial charge in [0.1, 0.15) is 0 Å². The largest absolute Gasteiger partial charge is 0.368 e. The third-order valence-electron chi connectivity index (χ3n) is 5.66. The average Bonchev–Trinajstić information content (AvgIpc) is 2.91. The van der Waals surface area contributed by atoms with Crippen LogP contribution in [0.5, 0.6) is 0 Å². The van der Waals surface area contributed by atoms with Crippen LogP contribution in [0.4, 0.5) is 0 Å². The van der Waals surface area contributed by atoms with E-state index in [1.54, 1.807) is 0 Å². The van der Waals surface area contributed by atoms with E-state index in [1.807, 2.05) is 30.0 Å². The van der Waals surface area contributed by atoms with Crippen LogP contribution < -0.4 is 5.73 Å². The SMILES string of the molecule is C[C@H](C(N)=O)N1CCC2(CC1)CC(=O)N(C/C=C/c1ccccc1)C2. The predicted octanol–water partition coefficient (Wildman–Crippen LogP) is 1.89. The molecule has 2 N–H and O–H groups in total. The first kappa shape index (κ1) is 17.7. The molecule has 0 unspecified atom stereocenters. The number of nitrogens with two attached hydrogens (primary N) is 1. The zero-order valence-electron chi connectivity index (χ0n) is 14.9. The van der Waals surface area contributed by atoms with E-state index in [4.69, 9.17) is 5.73 Å². The predicted molar refractivity (Wildman–Crippen MR) is 98.6 cm³/mol. The second-order valence-electron chi connectivity index (χ2n) is 7.38. The highest BCUT2D eigenvalue weighted by molar-refractivity contribution is 5.80. The second-order valence-corrected chi connectivity index (χ2v) is 7.38. The lowest BCUT2D eigenvalue weighted by Crippen LogP contribution is -2.49. The summed E-state index contributed by atoms with van der Waals surface area (Å²) in [5, 5.41) is 0. The van der Waals surface area contributed by atoms with E-state index < -0.39 is 0 Å². The number of nitrogens with zero attached hydrogens (tertiary/aromatic N) is 2. The fourth-order valence-corrected chi connectivity index (χ4v) is 3.93. The number of amides is 2. The molecule has 0 bridgehead atoms. The van der Waals surface area contributed by atoms with Gasteiger partial charge in [-0.1, -0.05) is 42.5 Å². The molecule has 25 heavy (non-hydrogen) atoms. The molecule has 2 heterocycles. The Bertz CT molecular complexity index is 648. The molecular formula is C20H27N3O2. The molecule has 5 heteroatoms. The Balaban J connectivity index is 1.54. The van der Waals surface area contributed by atoms with E-state index in [0.717, 1.165) is 38.0 Å². The highest BCUT2D eigenvalue weighted by Gasteiger charge is 2.45. The molecule has 2 fully saturated rings. The van der Waals surface area contributed by atoms with Crippen LogP contribution in [-0.2, 0) is 9.59 Å². The molecule has 0 aliphatic carbocycles. The molecule has 2 amide bonds. The van der Waals surface area contributed by atoms with Crippen LogP contribution in [0.15, 0.2) is 36.4 Å². The number of carbonyl (C=O) groups is 2. The van der Waals surface area contributed by atoms with Gasteiger partial charge >= 0.3 is 0 Å². The summed E-state index contributed by atoms with van der Waals surface area (Å²) in [5.74, 6) is -0.0276. The molecule has 1 spiro atoms. The van der Waals surface area contributed by atoms with Gasteiger partial charge in [-0.2, -0.15) is 0 Å². The minimum absolute atomic E-state index is 0.0749. The molecule has 1 aromatic rings. The van der Waals surface area contributed by atoms with Gasteiger partial charge in [0.15, 0.2) is 0 Å². The molecule has 2 aliphatic heterocycles. The summed E-state index contributed by atoms with van der Waals surface area (Å²) in [4.78, 5) is 27.9. The van der Waals surface area contributed by atoms with Crippen molar-refractivity contribution >= 4 is 17.9 Å². The lowest BCUT2D eigenvalue weighted by Gasteiger charge is -2.40. The van der Waals surface area contributed by atoms with Gasteiger partial charge in [-0.3, -0.25) is 14.5 Å². The smallest absolute Gasteiger partial charge is 0.234 e. The normalized spacial score (nSPS) is 22.0. The minimum Gasteiger partial charge on any atom is -0.368 e. The van der Waals surface area contributed by atoms with Crippen molar-refractivity contribution in [3.05, 3.63) is 42.0 Å². The molecule has 1 atom stereocenters. The molecule has 3 rings (SSSR count). The van der Waals surface area contributed by atoms with Crippen LogP contribution in [-0.4, -0.2) is 53.8 Å². The number of carbonyl (C=O) groups excluding carboxylic acids is 2. The molecule has 134 valence electrons. The van der Waals surface area contributed by atoms with E-state index >= 15 is 0 Å². The molecule has 5 nitrogen and oxygen atoms in total. The number of likely N-dealkylation sites (tertiary alicyclic amines) is 2. The number of hydrogen-bond donors (Lipinski definition) is 1. The van der Waals surface area contributed by atoms with Crippen molar-refractivity contribution in [3.8, 4) is 0 Å². The van der Waals surface area contributed by atoms with Crippen molar-refractivity contribution < 1.29 is 9.59 Å². The molecule has 2 aliphatic rings. The summed E-state index contributed by atoms with van der Waals surface area (Å²) in [7, 11) is 0. The van der Waals surface area contributed by atoms with Gasteiger partial charge in [-0.25, -0.2) is 0 Å². The van der Waals surface area contributed by atoms with Crippen LogP contribution in [0.25, 0.3) is 6.08 Å². The van der Waals surface area contributed by atoms with Gasteiger partial charge in [-0.05, 0) is 43.8 Å². The van der Waals surface area contributed by atoms with Crippen LogP contribution in [0, 0.1) is 5.41 Å². The third-order valence-corrected chi connectivity index (χ3v) is 5.66. The van der Waals surface area contributed by atoms with Crippen molar-refractivity contribution in [1.29, 1.82) is 0 Å². The van der Waals surface area contributed by atoms with Gasteiger partial charge < -0.3 is 10.6 Å². The number of primary amides is 1. The van der Waals surface area contributed by atoms with Crippen LogP contribution in [0.3, 0.4) is 0 Å². The zero-order chi connectivity index (χ0) is 17.9. The highest BCUT2D eigenvalue weighted by Crippen LogP contribution is 2.41. The van der Waals surface area contributed by atoms with Crippen molar-refractivity contribution in [2.24, 2.45) is 11.1 Å². The summed E-state index contributed by atoms with van der Waals surface area (Å²) < 4.78 is 0. The maximum atomic E-state index is 12.4.